The summed E-state index contributed by atoms with van der Waals surface area (Å²) < 4.78 is 4.85. The number of pyridine rings is 2. The van der Waals surface area contributed by atoms with Gasteiger partial charge in [-0.2, -0.15) is 0 Å². The molecule has 0 saturated carbocycles. The third-order valence-electron chi connectivity index (χ3n) is 12.7. The molecule has 0 bridgehead atoms. The number of rotatable bonds is 5. The summed E-state index contributed by atoms with van der Waals surface area (Å²) in [6.45, 7) is 0. The zero-order valence-corrected chi connectivity index (χ0v) is 33.6. The van der Waals surface area contributed by atoms with E-state index in [1.807, 2.05) is 6.07 Å². The standard InChI is InChI=1S/C58H36N4/c1-3-15-37(16-4-1)50-31-30-49-51(59-50)32-29-48-43-28-27-39(35-52(43)60-58(57(48)49)38-17-5-2-6-18-38)40-33-41(61-53-23-11-7-19-44(53)45-20-8-12-24-54(45)61)36-42(34-40)62-55-25-13-9-21-46(55)47-22-10-14-26-56(47)62/h1-36H. The number of para-hydroxylation sites is 4. The van der Waals surface area contributed by atoms with Crippen LogP contribution >= 0.6 is 0 Å². The maximum Gasteiger partial charge on any atom is 0.0794 e. The van der Waals surface area contributed by atoms with Crippen molar-refractivity contribution >= 4 is 76.2 Å². The Bertz CT molecular complexity index is 3680. The number of fused-ring (bicyclic) bond motifs is 11. The van der Waals surface area contributed by atoms with Crippen molar-refractivity contribution in [3.63, 3.8) is 0 Å². The Hall–Kier alpha value is -8.34. The van der Waals surface area contributed by atoms with Gasteiger partial charge in [-0.1, -0.05) is 152 Å². The Labute approximate surface area is 357 Å². The zero-order chi connectivity index (χ0) is 40.7. The van der Waals surface area contributed by atoms with Gasteiger partial charge in [0.15, 0.2) is 0 Å². The Morgan fingerprint density at radius 2 is 0.758 bits per heavy atom. The van der Waals surface area contributed by atoms with Crippen LogP contribution in [0.2, 0.25) is 0 Å². The molecule has 0 unspecified atom stereocenters. The average molecular weight is 789 g/mol. The van der Waals surface area contributed by atoms with Crippen molar-refractivity contribution < 1.29 is 0 Å². The van der Waals surface area contributed by atoms with Crippen LogP contribution in [-0.2, 0) is 0 Å². The predicted molar refractivity (Wildman–Crippen MR) is 260 cm³/mol. The normalized spacial score (nSPS) is 11.9. The quantitative estimate of drug-likeness (QED) is 0.163. The van der Waals surface area contributed by atoms with Gasteiger partial charge in [0.05, 0.1) is 44.5 Å². The molecule has 9 aromatic carbocycles. The van der Waals surface area contributed by atoms with Crippen LogP contribution < -0.4 is 0 Å². The zero-order valence-electron chi connectivity index (χ0n) is 33.6. The van der Waals surface area contributed by atoms with Gasteiger partial charge in [0.1, 0.15) is 0 Å². The van der Waals surface area contributed by atoms with Crippen LogP contribution in [0.1, 0.15) is 0 Å². The molecule has 62 heavy (non-hydrogen) atoms. The Morgan fingerprint density at radius 1 is 0.274 bits per heavy atom. The monoisotopic (exact) mass is 788 g/mol. The maximum atomic E-state index is 5.56. The SMILES string of the molecule is c1ccc(-c2ccc3c(ccc4c5ccc(-c6cc(-n7c8ccccc8c8ccccc87)cc(-n7c8ccccc8c8ccccc87)c6)cc5nc(-c5ccccc5)c34)n2)cc1. The molecule has 0 spiro atoms. The van der Waals surface area contributed by atoms with E-state index in [0.29, 0.717) is 0 Å². The van der Waals surface area contributed by atoms with Gasteiger partial charge in [-0.25, -0.2) is 9.97 Å². The topological polar surface area (TPSA) is 35.6 Å². The lowest BCUT2D eigenvalue weighted by atomic mass is 9.94. The number of benzene rings is 9. The fourth-order valence-electron chi connectivity index (χ4n) is 9.89. The van der Waals surface area contributed by atoms with Gasteiger partial charge in [0, 0.05) is 60.2 Å². The highest BCUT2D eigenvalue weighted by Gasteiger charge is 2.19. The third-order valence-corrected chi connectivity index (χ3v) is 12.7. The molecule has 0 amide bonds. The maximum absolute atomic E-state index is 5.56. The van der Waals surface area contributed by atoms with Crippen LogP contribution in [0.15, 0.2) is 218 Å². The second-order valence-corrected chi connectivity index (χ2v) is 16.2. The first-order valence-electron chi connectivity index (χ1n) is 21.2. The number of aromatic nitrogens is 4. The highest BCUT2D eigenvalue weighted by molar-refractivity contribution is 6.21. The molecule has 4 heteroatoms. The van der Waals surface area contributed by atoms with E-state index in [0.717, 1.165) is 77.6 Å². The molecule has 288 valence electrons. The van der Waals surface area contributed by atoms with Crippen LogP contribution in [0.4, 0.5) is 0 Å². The van der Waals surface area contributed by atoms with Gasteiger partial charge >= 0.3 is 0 Å². The minimum atomic E-state index is 0.947. The molecule has 0 radical (unpaired) electrons. The summed E-state index contributed by atoms with van der Waals surface area (Å²) in [5.41, 5.74) is 15.1. The van der Waals surface area contributed by atoms with Crippen LogP contribution in [0, 0.1) is 0 Å². The lowest BCUT2D eigenvalue weighted by Gasteiger charge is -2.17. The lowest BCUT2D eigenvalue weighted by Crippen LogP contribution is -2.00. The van der Waals surface area contributed by atoms with E-state index in [2.05, 4.69) is 221 Å². The first kappa shape index (κ1) is 34.5. The summed E-state index contributed by atoms with van der Waals surface area (Å²) in [4.78, 5) is 10.7. The molecular formula is C58H36N4. The van der Waals surface area contributed by atoms with Crippen LogP contribution in [0.5, 0.6) is 0 Å². The van der Waals surface area contributed by atoms with E-state index in [4.69, 9.17) is 9.97 Å². The van der Waals surface area contributed by atoms with E-state index in [9.17, 15) is 0 Å². The Balaban J connectivity index is 1.08. The highest BCUT2D eigenvalue weighted by atomic mass is 15.0. The van der Waals surface area contributed by atoms with Gasteiger partial charge in [-0.15, -0.1) is 0 Å². The van der Waals surface area contributed by atoms with Crippen molar-refractivity contribution in [2.24, 2.45) is 0 Å². The van der Waals surface area contributed by atoms with Crippen molar-refractivity contribution in [2.45, 2.75) is 0 Å². The largest absolute Gasteiger partial charge is 0.309 e. The molecule has 4 nitrogen and oxygen atoms in total. The predicted octanol–water partition coefficient (Wildman–Crippen LogP) is 15.1. The minimum absolute atomic E-state index is 0.947. The number of hydrogen-bond donors (Lipinski definition) is 0. The summed E-state index contributed by atoms with van der Waals surface area (Å²) >= 11 is 0. The van der Waals surface area contributed by atoms with Crippen LogP contribution in [0.25, 0.3) is 121 Å². The molecule has 0 atom stereocenters. The minimum Gasteiger partial charge on any atom is -0.309 e. The van der Waals surface area contributed by atoms with Crippen molar-refractivity contribution in [2.75, 3.05) is 0 Å². The molecular weight excluding hydrogens is 753 g/mol. The van der Waals surface area contributed by atoms with Gasteiger partial charge in [-0.3, -0.25) is 0 Å². The molecule has 0 aliphatic heterocycles. The van der Waals surface area contributed by atoms with E-state index in [1.165, 1.54) is 43.6 Å². The van der Waals surface area contributed by atoms with Crippen molar-refractivity contribution in [1.29, 1.82) is 0 Å². The van der Waals surface area contributed by atoms with Gasteiger partial charge < -0.3 is 9.13 Å². The molecule has 0 fully saturated rings. The van der Waals surface area contributed by atoms with E-state index < -0.39 is 0 Å². The van der Waals surface area contributed by atoms with Crippen LogP contribution in [0.3, 0.4) is 0 Å². The first-order valence-corrected chi connectivity index (χ1v) is 21.2. The fourth-order valence-corrected chi connectivity index (χ4v) is 9.89. The highest BCUT2D eigenvalue weighted by Crippen LogP contribution is 2.41. The van der Waals surface area contributed by atoms with Crippen molar-refractivity contribution in [3.8, 4) is 45.0 Å². The molecule has 4 heterocycles. The third kappa shape index (κ3) is 5.27. The first-order chi connectivity index (χ1) is 30.7. The second-order valence-electron chi connectivity index (χ2n) is 16.2. The summed E-state index contributed by atoms with van der Waals surface area (Å²) in [5, 5.41) is 9.42. The van der Waals surface area contributed by atoms with Crippen molar-refractivity contribution in [1.82, 2.24) is 19.1 Å². The molecule has 0 saturated heterocycles. The molecule has 13 aromatic rings. The second kappa shape index (κ2) is 13.6. The Morgan fingerprint density at radius 3 is 1.32 bits per heavy atom. The van der Waals surface area contributed by atoms with E-state index in [-0.39, 0.29) is 0 Å². The molecule has 4 aromatic heterocycles. The number of nitrogens with zero attached hydrogens (tertiary/aromatic N) is 4. The van der Waals surface area contributed by atoms with Crippen LogP contribution in [-0.4, -0.2) is 19.1 Å². The Kier molecular flexibility index (Phi) is 7.57. The number of hydrogen-bond acceptors (Lipinski definition) is 2. The van der Waals surface area contributed by atoms with Gasteiger partial charge in [-0.05, 0) is 83.2 Å². The molecule has 0 aliphatic rings. The molecule has 0 N–H and O–H groups in total. The summed E-state index contributed by atoms with van der Waals surface area (Å²) in [7, 11) is 0. The lowest BCUT2D eigenvalue weighted by molar-refractivity contribution is 1.13. The van der Waals surface area contributed by atoms with Crippen molar-refractivity contribution in [3.05, 3.63) is 218 Å². The molecule has 0 aliphatic carbocycles. The van der Waals surface area contributed by atoms with Gasteiger partial charge in [0.2, 0.25) is 0 Å². The fraction of sp³-hybridized carbons (Fsp3) is 0. The van der Waals surface area contributed by atoms with E-state index in [1.54, 1.807) is 0 Å². The summed E-state index contributed by atoms with van der Waals surface area (Å²) in [6.07, 6.45) is 0. The summed E-state index contributed by atoms with van der Waals surface area (Å²) in [5.74, 6) is 0. The van der Waals surface area contributed by atoms with E-state index >= 15 is 0 Å². The smallest absolute Gasteiger partial charge is 0.0794 e. The van der Waals surface area contributed by atoms with Gasteiger partial charge in [0.25, 0.3) is 0 Å². The average Bonchev–Trinajstić information content (AvgIpc) is 3.87. The summed E-state index contributed by atoms with van der Waals surface area (Å²) in [6, 6.07) is 78.6. The molecule has 13 rings (SSSR count).